The standard InChI is InChI=1S/C11H21N5OS/c1-5-12-11-15-14-10(18-11)9(17)13-6-7-16(4)8(2)3/h8H,5-7H2,1-4H3,(H,12,15)(H,13,17). The average molecular weight is 271 g/mol. The Morgan fingerprint density at radius 3 is 2.78 bits per heavy atom. The number of carbonyl (C=O) groups is 1. The summed E-state index contributed by atoms with van der Waals surface area (Å²) in [5.41, 5.74) is 0. The van der Waals surface area contributed by atoms with Gasteiger partial charge in [0, 0.05) is 25.7 Å². The highest BCUT2D eigenvalue weighted by molar-refractivity contribution is 7.17. The normalized spacial score (nSPS) is 11.0. The number of hydrogen-bond donors (Lipinski definition) is 2. The molecule has 0 saturated heterocycles. The third-order valence-corrected chi connectivity index (χ3v) is 3.46. The maximum Gasteiger partial charge on any atom is 0.282 e. The number of amides is 1. The maximum absolute atomic E-state index is 11.8. The van der Waals surface area contributed by atoms with Gasteiger partial charge in [0.15, 0.2) is 0 Å². The van der Waals surface area contributed by atoms with Crippen molar-refractivity contribution in [1.29, 1.82) is 0 Å². The van der Waals surface area contributed by atoms with E-state index >= 15 is 0 Å². The molecule has 0 fully saturated rings. The van der Waals surface area contributed by atoms with Crippen LogP contribution in [0.25, 0.3) is 0 Å². The highest BCUT2D eigenvalue weighted by Crippen LogP contribution is 2.14. The predicted molar refractivity (Wildman–Crippen MR) is 74.2 cm³/mol. The van der Waals surface area contributed by atoms with Crippen molar-refractivity contribution in [2.45, 2.75) is 26.8 Å². The van der Waals surface area contributed by atoms with Crippen molar-refractivity contribution in [3.05, 3.63) is 5.01 Å². The Morgan fingerprint density at radius 1 is 1.44 bits per heavy atom. The molecule has 18 heavy (non-hydrogen) atoms. The molecule has 102 valence electrons. The Kier molecular flexibility index (Phi) is 6.00. The lowest BCUT2D eigenvalue weighted by Crippen LogP contribution is -2.36. The van der Waals surface area contributed by atoms with Gasteiger partial charge in [0.25, 0.3) is 5.91 Å². The lowest BCUT2D eigenvalue weighted by molar-refractivity contribution is 0.0947. The summed E-state index contributed by atoms with van der Waals surface area (Å²) < 4.78 is 0. The molecule has 0 bridgehead atoms. The van der Waals surface area contributed by atoms with E-state index in [0.717, 1.165) is 13.1 Å². The van der Waals surface area contributed by atoms with Crippen molar-refractivity contribution >= 4 is 22.4 Å². The van der Waals surface area contributed by atoms with Crippen LogP contribution in [0, 0.1) is 0 Å². The number of carbonyl (C=O) groups excluding carboxylic acids is 1. The summed E-state index contributed by atoms with van der Waals surface area (Å²) in [5.74, 6) is -0.159. The van der Waals surface area contributed by atoms with Gasteiger partial charge in [0.2, 0.25) is 10.1 Å². The minimum Gasteiger partial charge on any atom is -0.360 e. The molecule has 1 rings (SSSR count). The Morgan fingerprint density at radius 2 is 2.17 bits per heavy atom. The highest BCUT2D eigenvalue weighted by Gasteiger charge is 2.12. The zero-order chi connectivity index (χ0) is 13.5. The summed E-state index contributed by atoms with van der Waals surface area (Å²) in [5, 5.41) is 14.7. The van der Waals surface area contributed by atoms with Crippen molar-refractivity contribution in [3.8, 4) is 0 Å². The van der Waals surface area contributed by atoms with Crippen molar-refractivity contribution in [3.63, 3.8) is 0 Å². The van der Waals surface area contributed by atoms with Crippen molar-refractivity contribution < 1.29 is 4.79 Å². The first kappa shape index (κ1) is 14.8. The van der Waals surface area contributed by atoms with Crippen LogP contribution < -0.4 is 10.6 Å². The van der Waals surface area contributed by atoms with Gasteiger partial charge in [0.1, 0.15) is 0 Å². The van der Waals surface area contributed by atoms with E-state index in [9.17, 15) is 4.79 Å². The second kappa shape index (κ2) is 7.27. The topological polar surface area (TPSA) is 70.1 Å². The van der Waals surface area contributed by atoms with Gasteiger partial charge < -0.3 is 15.5 Å². The van der Waals surface area contributed by atoms with Gasteiger partial charge in [-0.1, -0.05) is 11.3 Å². The van der Waals surface area contributed by atoms with E-state index < -0.39 is 0 Å². The van der Waals surface area contributed by atoms with Crippen LogP contribution in [0.1, 0.15) is 30.6 Å². The molecule has 0 unspecified atom stereocenters. The molecule has 0 aliphatic carbocycles. The van der Waals surface area contributed by atoms with Gasteiger partial charge in [-0.3, -0.25) is 4.79 Å². The van der Waals surface area contributed by atoms with Crippen molar-refractivity contribution in [2.24, 2.45) is 0 Å². The molecule has 0 atom stereocenters. The second-order valence-corrected chi connectivity index (χ2v) is 5.25. The van der Waals surface area contributed by atoms with Crippen LogP contribution in [0.4, 0.5) is 5.13 Å². The van der Waals surface area contributed by atoms with E-state index in [-0.39, 0.29) is 5.91 Å². The van der Waals surface area contributed by atoms with Crippen LogP contribution in [0.2, 0.25) is 0 Å². The molecule has 0 aliphatic heterocycles. The van der Waals surface area contributed by atoms with E-state index in [0.29, 0.717) is 22.7 Å². The molecule has 0 spiro atoms. The molecule has 0 aliphatic rings. The number of nitrogens with zero attached hydrogens (tertiary/aromatic N) is 3. The SMILES string of the molecule is CCNc1nnc(C(=O)NCCN(C)C(C)C)s1. The van der Waals surface area contributed by atoms with Gasteiger partial charge in [-0.25, -0.2) is 0 Å². The Balaban J connectivity index is 2.36. The van der Waals surface area contributed by atoms with Crippen molar-refractivity contribution in [2.75, 3.05) is 32.0 Å². The molecule has 0 aromatic carbocycles. The number of anilines is 1. The summed E-state index contributed by atoms with van der Waals surface area (Å²) in [6.07, 6.45) is 0. The lowest BCUT2D eigenvalue weighted by atomic mass is 10.3. The quantitative estimate of drug-likeness (QED) is 0.775. The molecule has 2 N–H and O–H groups in total. The molecule has 1 amide bonds. The molecule has 7 heteroatoms. The Hall–Kier alpha value is -1.21. The van der Waals surface area contributed by atoms with Gasteiger partial charge in [-0.2, -0.15) is 0 Å². The molecule has 6 nitrogen and oxygen atoms in total. The molecule has 1 heterocycles. The van der Waals surface area contributed by atoms with Crippen LogP contribution in [-0.2, 0) is 0 Å². The fourth-order valence-electron chi connectivity index (χ4n) is 1.22. The summed E-state index contributed by atoms with van der Waals surface area (Å²) >= 11 is 1.27. The van der Waals surface area contributed by atoms with E-state index in [1.54, 1.807) is 0 Å². The Bertz CT molecular complexity index is 379. The Labute approximate surface area is 112 Å². The third-order valence-electron chi connectivity index (χ3n) is 2.58. The number of hydrogen-bond acceptors (Lipinski definition) is 6. The molecular formula is C11H21N5OS. The summed E-state index contributed by atoms with van der Waals surface area (Å²) in [6.45, 7) is 8.43. The minimum absolute atomic E-state index is 0.159. The third kappa shape index (κ3) is 4.58. The first-order valence-electron chi connectivity index (χ1n) is 6.10. The number of rotatable bonds is 7. The molecule has 0 radical (unpaired) electrons. The predicted octanol–water partition coefficient (Wildman–Crippen LogP) is 1.04. The summed E-state index contributed by atoms with van der Waals surface area (Å²) in [6, 6.07) is 0.476. The van der Waals surface area contributed by atoms with Crippen LogP contribution in [0.3, 0.4) is 0 Å². The summed E-state index contributed by atoms with van der Waals surface area (Å²) in [7, 11) is 2.03. The van der Waals surface area contributed by atoms with Gasteiger partial charge in [0.05, 0.1) is 0 Å². The maximum atomic E-state index is 11.8. The molecule has 0 saturated carbocycles. The first-order chi connectivity index (χ1) is 8.54. The van der Waals surface area contributed by atoms with E-state index in [4.69, 9.17) is 0 Å². The molecular weight excluding hydrogens is 250 g/mol. The number of likely N-dealkylation sites (N-methyl/N-ethyl adjacent to an activating group) is 1. The summed E-state index contributed by atoms with van der Waals surface area (Å²) in [4.78, 5) is 13.9. The van der Waals surface area contributed by atoms with Gasteiger partial charge in [-0.15, -0.1) is 10.2 Å². The molecule has 1 aromatic heterocycles. The fourth-order valence-corrected chi connectivity index (χ4v) is 1.95. The zero-order valence-electron chi connectivity index (χ0n) is 11.4. The van der Waals surface area contributed by atoms with E-state index in [2.05, 4.69) is 39.6 Å². The second-order valence-electron chi connectivity index (χ2n) is 4.27. The van der Waals surface area contributed by atoms with Gasteiger partial charge in [-0.05, 0) is 27.8 Å². The lowest BCUT2D eigenvalue weighted by Gasteiger charge is -2.20. The minimum atomic E-state index is -0.159. The van der Waals surface area contributed by atoms with Gasteiger partial charge >= 0.3 is 0 Å². The molecule has 1 aromatic rings. The van der Waals surface area contributed by atoms with Crippen LogP contribution >= 0.6 is 11.3 Å². The number of nitrogens with one attached hydrogen (secondary N) is 2. The van der Waals surface area contributed by atoms with Crippen molar-refractivity contribution in [1.82, 2.24) is 20.4 Å². The largest absolute Gasteiger partial charge is 0.360 e. The average Bonchev–Trinajstić information content (AvgIpc) is 2.77. The van der Waals surface area contributed by atoms with Crippen LogP contribution in [-0.4, -0.2) is 53.7 Å². The van der Waals surface area contributed by atoms with Crippen LogP contribution in [0.15, 0.2) is 0 Å². The smallest absolute Gasteiger partial charge is 0.282 e. The zero-order valence-corrected chi connectivity index (χ0v) is 12.2. The van der Waals surface area contributed by atoms with E-state index in [1.807, 2.05) is 14.0 Å². The fraction of sp³-hybridized carbons (Fsp3) is 0.727. The van der Waals surface area contributed by atoms with Crippen LogP contribution in [0.5, 0.6) is 0 Å². The first-order valence-corrected chi connectivity index (χ1v) is 6.92. The monoisotopic (exact) mass is 271 g/mol. The van der Waals surface area contributed by atoms with E-state index in [1.165, 1.54) is 11.3 Å². The highest BCUT2D eigenvalue weighted by atomic mass is 32.1. The number of aromatic nitrogens is 2.